The fourth-order valence-electron chi connectivity index (χ4n) is 3.46. The number of methoxy groups -OCH3 is 3. The van der Waals surface area contributed by atoms with Crippen molar-refractivity contribution in [3.8, 4) is 17.2 Å². The van der Waals surface area contributed by atoms with Gasteiger partial charge < -0.3 is 24.8 Å². The van der Waals surface area contributed by atoms with Crippen LogP contribution in [0.15, 0.2) is 72.8 Å². The number of rotatable bonds is 10. The van der Waals surface area contributed by atoms with E-state index in [1.54, 1.807) is 12.1 Å². The number of ether oxygens (including phenoxy) is 3. The molecule has 0 heterocycles. The molecule has 172 valence electrons. The van der Waals surface area contributed by atoms with Crippen LogP contribution >= 0.6 is 0 Å². The van der Waals surface area contributed by atoms with Crippen molar-refractivity contribution in [2.24, 2.45) is 0 Å². The van der Waals surface area contributed by atoms with Crippen LogP contribution in [0.5, 0.6) is 17.2 Å². The number of benzene rings is 3. The smallest absolute Gasteiger partial charge is 0.226 e. The van der Waals surface area contributed by atoms with Gasteiger partial charge in [0.25, 0.3) is 0 Å². The molecule has 3 rings (SSSR count). The average molecular weight is 449 g/mol. The minimum absolute atomic E-state index is 0.177. The van der Waals surface area contributed by atoms with E-state index >= 15 is 0 Å². The van der Waals surface area contributed by atoms with Crippen molar-refractivity contribution in [2.45, 2.75) is 19.0 Å². The van der Waals surface area contributed by atoms with Crippen molar-refractivity contribution < 1.29 is 23.8 Å². The highest BCUT2D eigenvalue weighted by Crippen LogP contribution is 2.39. The van der Waals surface area contributed by atoms with Crippen LogP contribution in [0.2, 0.25) is 0 Å². The standard InChI is InChI=1S/C26H28N2O5/c1-31-21-16-20(17-22(32-2)25(21)33-3)26(27-23(29)14-18-10-6-4-7-11-18)28-24(30)15-19-12-8-5-9-13-19/h4-13,16-17,26H,14-15H2,1-3H3,(H,27,29)(H,28,30). The summed E-state index contributed by atoms with van der Waals surface area (Å²) in [6.07, 6.45) is -0.446. The highest BCUT2D eigenvalue weighted by Gasteiger charge is 2.22. The Morgan fingerprint density at radius 1 is 0.697 bits per heavy atom. The van der Waals surface area contributed by atoms with Crippen LogP contribution in [0.3, 0.4) is 0 Å². The summed E-state index contributed by atoms with van der Waals surface area (Å²) in [5.41, 5.74) is 2.33. The molecule has 0 spiro atoms. The van der Waals surface area contributed by atoms with Gasteiger partial charge in [0.2, 0.25) is 17.6 Å². The summed E-state index contributed by atoms with van der Waals surface area (Å²) in [6.45, 7) is 0. The first-order chi connectivity index (χ1) is 16.0. The molecule has 0 aliphatic rings. The molecule has 0 unspecified atom stereocenters. The zero-order chi connectivity index (χ0) is 23.6. The largest absolute Gasteiger partial charge is 0.493 e. The topological polar surface area (TPSA) is 85.9 Å². The predicted octanol–water partition coefficient (Wildman–Crippen LogP) is 3.43. The summed E-state index contributed by atoms with van der Waals surface area (Å²) in [4.78, 5) is 25.6. The number of hydrogen-bond acceptors (Lipinski definition) is 5. The van der Waals surface area contributed by atoms with E-state index in [-0.39, 0.29) is 24.7 Å². The molecule has 0 saturated carbocycles. The van der Waals surface area contributed by atoms with Gasteiger partial charge in [-0.15, -0.1) is 0 Å². The van der Waals surface area contributed by atoms with E-state index in [9.17, 15) is 9.59 Å². The molecule has 7 heteroatoms. The van der Waals surface area contributed by atoms with Crippen LogP contribution in [0.25, 0.3) is 0 Å². The third kappa shape index (κ3) is 6.49. The van der Waals surface area contributed by atoms with Gasteiger partial charge in [0.1, 0.15) is 6.17 Å². The first-order valence-corrected chi connectivity index (χ1v) is 10.5. The number of carbonyl (C=O) groups is 2. The molecule has 2 N–H and O–H groups in total. The van der Waals surface area contributed by atoms with Gasteiger partial charge in [-0.3, -0.25) is 9.59 Å². The molecule has 33 heavy (non-hydrogen) atoms. The maximum atomic E-state index is 12.8. The SMILES string of the molecule is COc1cc(C(NC(=O)Cc2ccccc2)NC(=O)Cc2ccccc2)cc(OC)c1OC. The van der Waals surface area contributed by atoms with E-state index in [0.29, 0.717) is 22.8 Å². The van der Waals surface area contributed by atoms with Crippen LogP contribution in [0.4, 0.5) is 0 Å². The number of hydrogen-bond donors (Lipinski definition) is 2. The second-order valence-electron chi connectivity index (χ2n) is 7.35. The third-order valence-electron chi connectivity index (χ3n) is 5.05. The van der Waals surface area contributed by atoms with Gasteiger partial charge in [0.15, 0.2) is 11.5 Å². The first-order valence-electron chi connectivity index (χ1n) is 10.5. The minimum Gasteiger partial charge on any atom is -0.493 e. The van der Waals surface area contributed by atoms with Gasteiger partial charge in [-0.25, -0.2) is 0 Å². The number of carbonyl (C=O) groups excluding carboxylic acids is 2. The molecular formula is C26H28N2O5. The molecular weight excluding hydrogens is 420 g/mol. The second-order valence-corrected chi connectivity index (χ2v) is 7.35. The molecule has 0 aromatic heterocycles. The average Bonchev–Trinajstić information content (AvgIpc) is 2.83. The summed E-state index contributed by atoms with van der Waals surface area (Å²) in [6, 6.07) is 22.2. The Bertz CT molecular complexity index is 990. The Kier molecular flexibility index (Phi) is 8.30. The Balaban J connectivity index is 1.87. The lowest BCUT2D eigenvalue weighted by atomic mass is 10.1. The second kappa shape index (κ2) is 11.6. The van der Waals surface area contributed by atoms with Crippen molar-refractivity contribution in [3.05, 3.63) is 89.5 Å². The van der Waals surface area contributed by atoms with Crippen molar-refractivity contribution in [3.63, 3.8) is 0 Å². The lowest BCUT2D eigenvalue weighted by Gasteiger charge is -2.23. The van der Waals surface area contributed by atoms with Crippen LogP contribution in [-0.4, -0.2) is 33.1 Å². The molecule has 0 aliphatic carbocycles. The predicted molar refractivity (Wildman–Crippen MR) is 125 cm³/mol. The van der Waals surface area contributed by atoms with E-state index in [1.807, 2.05) is 60.7 Å². The minimum atomic E-state index is -0.800. The summed E-state index contributed by atoms with van der Waals surface area (Å²) in [7, 11) is 4.54. The van der Waals surface area contributed by atoms with Gasteiger partial charge in [-0.2, -0.15) is 0 Å². The fraction of sp³-hybridized carbons (Fsp3) is 0.231. The molecule has 0 saturated heterocycles. The molecule has 0 fully saturated rings. The van der Waals surface area contributed by atoms with Crippen molar-refractivity contribution in [2.75, 3.05) is 21.3 Å². The Hall–Kier alpha value is -4.00. The van der Waals surface area contributed by atoms with E-state index in [4.69, 9.17) is 14.2 Å². The Labute approximate surface area is 193 Å². The molecule has 3 aromatic carbocycles. The summed E-state index contributed by atoms with van der Waals surface area (Å²) in [5, 5.41) is 5.83. The van der Waals surface area contributed by atoms with Crippen molar-refractivity contribution in [1.29, 1.82) is 0 Å². The summed E-state index contributed by atoms with van der Waals surface area (Å²) in [5.74, 6) is 0.798. The quantitative estimate of drug-likeness (QED) is 0.464. The first kappa shape index (κ1) is 23.7. The van der Waals surface area contributed by atoms with Crippen LogP contribution in [-0.2, 0) is 22.4 Å². The van der Waals surface area contributed by atoms with Gasteiger partial charge in [-0.05, 0) is 23.3 Å². The van der Waals surface area contributed by atoms with E-state index < -0.39 is 6.17 Å². The van der Waals surface area contributed by atoms with E-state index in [0.717, 1.165) is 11.1 Å². The number of nitrogens with one attached hydrogen (secondary N) is 2. The molecule has 2 amide bonds. The molecule has 0 radical (unpaired) electrons. The maximum Gasteiger partial charge on any atom is 0.226 e. The molecule has 0 atom stereocenters. The van der Waals surface area contributed by atoms with Gasteiger partial charge in [0.05, 0.1) is 34.2 Å². The molecule has 0 bridgehead atoms. The third-order valence-corrected chi connectivity index (χ3v) is 5.05. The normalized spacial score (nSPS) is 10.4. The molecule has 0 aliphatic heterocycles. The Morgan fingerprint density at radius 2 is 1.12 bits per heavy atom. The zero-order valence-electron chi connectivity index (χ0n) is 19.0. The monoisotopic (exact) mass is 448 g/mol. The zero-order valence-corrected chi connectivity index (χ0v) is 19.0. The highest BCUT2D eigenvalue weighted by atomic mass is 16.5. The molecule has 3 aromatic rings. The Morgan fingerprint density at radius 3 is 1.48 bits per heavy atom. The highest BCUT2D eigenvalue weighted by molar-refractivity contribution is 5.82. The van der Waals surface area contributed by atoms with E-state index in [1.165, 1.54) is 21.3 Å². The lowest BCUT2D eigenvalue weighted by Crippen LogP contribution is -2.42. The van der Waals surface area contributed by atoms with Crippen LogP contribution in [0, 0.1) is 0 Å². The summed E-state index contributed by atoms with van der Waals surface area (Å²) < 4.78 is 16.3. The fourth-order valence-corrected chi connectivity index (χ4v) is 3.46. The summed E-state index contributed by atoms with van der Waals surface area (Å²) >= 11 is 0. The van der Waals surface area contributed by atoms with Gasteiger partial charge in [0, 0.05) is 5.56 Å². The van der Waals surface area contributed by atoms with Gasteiger partial charge in [-0.1, -0.05) is 60.7 Å². The lowest BCUT2D eigenvalue weighted by molar-refractivity contribution is -0.123. The maximum absolute atomic E-state index is 12.8. The van der Waals surface area contributed by atoms with Gasteiger partial charge >= 0.3 is 0 Å². The molecule has 7 nitrogen and oxygen atoms in total. The van der Waals surface area contributed by atoms with Crippen molar-refractivity contribution >= 4 is 11.8 Å². The van der Waals surface area contributed by atoms with E-state index in [2.05, 4.69) is 10.6 Å². The van der Waals surface area contributed by atoms with Crippen LogP contribution in [0.1, 0.15) is 22.9 Å². The van der Waals surface area contributed by atoms with Crippen molar-refractivity contribution in [1.82, 2.24) is 10.6 Å². The van der Waals surface area contributed by atoms with Crippen LogP contribution < -0.4 is 24.8 Å². The number of amides is 2.